The first-order valence-electron chi connectivity index (χ1n) is 7.96. The summed E-state index contributed by atoms with van der Waals surface area (Å²) in [7, 11) is 0. The summed E-state index contributed by atoms with van der Waals surface area (Å²) in [6.45, 7) is 2.29. The van der Waals surface area contributed by atoms with E-state index in [-0.39, 0.29) is 5.82 Å². The maximum absolute atomic E-state index is 12.8. The number of pyridine rings is 1. The van der Waals surface area contributed by atoms with E-state index >= 15 is 0 Å². The molecule has 0 amide bonds. The molecule has 7 nitrogen and oxygen atoms in total. The van der Waals surface area contributed by atoms with E-state index in [0.29, 0.717) is 26.2 Å². The van der Waals surface area contributed by atoms with Crippen LogP contribution in [-0.2, 0) is 6.18 Å². The fourth-order valence-electron chi connectivity index (χ4n) is 2.97. The number of alkyl halides is 3. The zero-order valence-electron chi connectivity index (χ0n) is 13.6. The van der Waals surface area contributed by atoms with Gasteiger partial charge in [0.1, 0.15) is 30.0 Å². The summed E-state index contributed by atoms with van der Waals surface area (Å²) in [6, 6.07) is 2.85. The van der Waals surface area contributed by atoms with Gasteiger partial charge in [0, 0.05) is 43.8 Å². The second-order valence-corrected chi connectivity index (χ2v) is 5.82. The highest BCUT2D eigenvalue weighted by Crippen LogP contribution is 2.29. The summed E-state index contributed by atoms with van der Waals surface area (Å²) in [5, 5.41) is 0.900. The molecular weight excluding hydrogens is 347 g/mol. The Labute approximate surface area is 146 Å². The highest BCUT2D eigenvalue weighted by Gasteiger charge is 2.33. The Bertz CT molecular complexity index is 918. The third kappa shape index (κ3) is 3.09. The van der Waals surface area contributed by atoms with Gasteiger partial charge in [-0.15, -0.1) is 0 Å². The Balaban J connectivity index is 1.53. The fourth-order valence-corrected chi connectivity index (χ4v) is 2.97. The van der Waals surface area contributed by atoms with Crippen molar-refractivity contribution in [1.29, 1.82) is 0 Å². The molecule has 0 unspecified atom stereocenters. The van der Waals surface area contributed by atoms with Gasteiger partial charge in [-0.1, -0.05) is 0 Å². The second kappa shape index (κ2) is 6.36. The summed E-state index contributed by atoms with van der Waals surface area (Å²) in [5.74, 6) is 1.08. The van der Waals surface area contributed by atoms with Crippen LogP contribution >= 0.6 is 0 Å². The molecule has 134 valence electrons. The predicted octanol–water partition coefficient (Wildman–Crippen LogP) is 2.16. The molecule has 0 aliphatic carbocycles. The van der Waals surface area contributed by atoms with Crippen LogP contribution in [0.5, 0.6) is 0 Å². The largest absolute Gasteiger partial charge is 0.433 e. The number of anilines is 2. The molecule has 4 rings (SSSR count). The van der Waals surface area contributed by atoms with Crippen molar-refractivity contribution in [3.63, 3.8) is 0 Å². The standard InChI is InChI=1S/C16H14F3N7/c17-16(18,19)13-7-14(23-10-22-13)25-3-5-26(6-4-25)15-11-1-2-20-8-12(11)21-9-24-15/h1-2,7-10H,3-6H2. The first-order chi connectivity index (χ1) is 12.5. The van der Waals surface area contributed by atoms with Crippen LogP contribution in [-0.4, -0.2) is 51.1 Å². The highest BCUT2D eigenvalue weighted by atomic mass is 19.4. The molecule has 0 radical (unpaired) electrons. The maximum atomic E-state index is 12.8. The third-order valence-electron chi connectivity index (χ3n) is 4.26. The topological polar surface area (TPSA) is 70.9 Å². The lowest BCUT2D eigenvalue weighted by Gasteiger charge is -2.36. The van der Waals surface area contributed by atoms with Gasteiger partial charge in [0.15, 0.2) is 0 Å². The minimum Gasteiger partial charge on any atom is -0.353 e. The van der Waals surface area contributed by atoms with Gasteiger partial charge in [0.2, 0.25) is 0 Å². The molecular formula is C16H14F3N7. The maximum Gasteiger partial charge on any atom is 0.433 e. The molecule has 3 aromatic rings. The van der Waals surface area contributed by atoms with Crippen molar-refractivity contribution in [3.05, 3.63) is 42.9 Å². The first-order valence-corrected chi connectivity index (χ1v) is 7.96. The van der Waals surface area contributed by atoms with Gasteiger partial charge in [0.05, 0.1) is 11.7 Å². The zero-order chi connectivity index (χ0) is 18.1. The molecule has 0 aromatic carbocycles. The number of hydrogen-bond acceptors (Lipinski definition) is 7. The molecule has 0 saturated carbocycles. The monoisotopic (exact) mass is 361 g/mol. The SMILES string of the molecule is FC(F)(F)c1cc(N2CCN(c3ncnc4cnccc34)CC2)ncn1. The summed E-state index contributed by atoms with van der Waals surface area (Å²) >= 11 is 0. The van der Waals surface area contributed by atoms with E-state index in [0.717, 1.165) is 29.1 Å². The molecule has 26 heavy (non-hydrogen) atoms. The number of aromatic nitrogens is 5. The summed E-state index contributed by atoms with van der Waals surface area (Å²) < 4.78 is 38.5. The van der Waals surface area contributed by atoms with Crippen molar-refractivity contribution in [2.75, 3.05) is 36.0 Å². The molecule has 4 heterocycles. The summed E-state index contributed by atoms with van der Waals surface area (Å²) in [5.41, 5.74) is -0.176. The molecule has 10 heteroatoms. The van der Waals surface area contributed by atoms with Crippen LogP contribution in [0.2, 0.25) is 0 Å². The van der Waals surface area contributed by atoms with E-state index < -0.39 is 11.9 Å². The van der Waals surface area contributed by atoms with Crippen LogP contribution < -0.4 is 9.80 Å². The minimum atomic E-state index is -4.48. The van der Waals surface area contributed by atoms with E-state index in [4.69, 9.17) is 0 Å². The van der Waals surface area contributed by atoms with E-state index in [1.165, 1.54) is 6.33 Å². The van der Waals surface area contributed by atoms with Gasteiger partial charge in [-0.2, -0.15) is 13.2 Å². The van der Waals surface area contributed by atoms with Gasteiger partial charge in [0.25, 0.3) is 0 Å². The number of hydrogen-bond donors (Lipinski definition) is 0. The van der Waals surface area contributed by atoms with E-state index in [1.54, 1.807) is 12.4 Å². The molecule has 3 aromatic heterocycles. The average Bonchev–Trinajstić information content (AvgIpc) is 2.67. The molecule has 0 bridgehead atoms. The quantitative estimate of drug-likeness (QED) is 0.693. The normalized spacial score (nSPS) is 15.5. The predicted molar refractivity (Wildman–Crippen MR) is 88.8 cm³/mol. The molecule has 1 fully saturated rings. The van der Waals surface area contributed by atoms with Crippen molar-refractivity contribution in [1.82, 2.24) is 24.9 Å². The Morgan fingerprint density at radius 2 is 1.62 bits per heavy atom. The highest BCUT2D eigenvalue weighted by molar-refractivity contribution is 5.88. The molecule has 0 atom stereocenters. The Morgan fingerprint density at radius 3 is 2.38 bits per heavy atom. The van der Waals surface area contributed by atoms with Gasteiger partial charge in [-0.05, 0) is 6.07 Å². The fraction of sp³-hybridized carbons (Fsp3) is 0.312. The van der Waals surface area contributed by atoms with Crippen molar-refractivity contribution in [2.24, 2.45) is 0 Å². The average molecular weight is 361 g/mol. The van der Waals surface area contributed by atoms with Crippen LogP contribution in [0.25, 0.3) is 10.9 Å². The van der Waals surface area contributed by atoms with Crippen molar-refractivity contribution >= 4 is 22.5 Å². The van der Waals surface area contributed by atoms with Gasteiger partial charge >= 0.3 is 6.18 Å². The summed E-state index contributed by atoms with van der Waals surface area (Å²) in [6.07, 6.45) is 1.33. The molecule has 0 spiro atoms. The van der Waals surface area contributed by atoms with Crippen LogP contribution in [0.15, 0.2) is 37.2 Å². The van der Waals surface area contributed by atoms with Gasteiger partial charge in [-0.3, -0.25) is 4.98 Å². The summed E-state index contributed by atoms with van der Waals surface area (Å²) in [4.78, 5) is 23.8. The molecule has 1 aliphatic rings. The number of fused-ring (bicyclic) bond motifs is 1. The van der Waals surface area contributed by atoms with E-state index in [1.807, 2.05) is 11.0 Å². The van der Waals surface area contributed by atoms with Gasteiger partial charge < -0.3 is 9.80 Å². The molecule has 1 aliphatic heterocycles. The first kappa shape index (κ1) is 16.4. The smallest absolute Gasteiger partial charge is 0.353 e. The van der Waals surface area contributed by atoms with Crippen LogP contribution in [0.4, 0.5) is 24.8 Å². The Hall–Kier alpha value is -3.04. The van der Waals surface area contributed by atoms with Crippen LogP contribution in [0.3, 0.4) is 0 Å². The molecule has 1 saturated heterocycles. The van der Waals surface area contributed by atoms with Crippen molar-refractivity contribution < 1.29 is 13.2 Å². The van der Waals surface area contributed by atoms with E-state index in [9.17, 15) is 13.2 Å². The zero-order valence-corrected chi connectivity index (χ0v) is 13.6. The number of nitrogens with zero attached hydrogens (tertiary/aromatic N) is 7. The molecule has 0 N–H and O–H groups in total. The number of rotatable bonds is 2. The lowest BCUT2D eigenvalue weighted by atomic mass is 10.2. The number of piperazine rings is 1. The lowest BCUT2D eigenvalue weighted by Crippen LogP contribution is -2.47. The Kier molecular flexibility index (Phi) is 4.02. The van der Waals surface area contributed by atoms with E-state index in [2.05, 4.69) is 29.8 Å². The third-order valence-corrected chi connectivity index (χ3v) is 4.26. The van der Waals surface area contributed by atoms with Gasteiger partial charge in [-0.25, -0.2) is 19.9 Å². The van der Waals surface area contributed by atoms with Crippen molar-refractivity contribution in [3.8, 4) is 0 Å². The van der Waals surface area contributed by atoms with Crippen molar-refractivity contribution in [2.45, 2.75) is 6.18 Å². The Morgan fingerprint density at radius 1 is 0.885 bits per heavy atom. The number of halogens is 3. The minimum absolute atomic E-state index is 0.281. The lowest BCUT2D eigenvalue weighted by molar-refractivity contribution is -0.141. The van der Waals surface area contributed by atoms with Crippen LogP contribution in [0, 0.1) is 0 Å². The second-order valence-electron chi connectivity index (χ2n) is 5.82. The van der Waals surface area contributed by atoms with Crippen LogP contribution in [0.1, 0.15) is 5.69 Å².